The normalized spacial score (nSPS) is 17.7. The summed E-state index contributed by atoms with van der Waals surface area (Å²) in [5.74, 6) is 1.35. The summed E-state index contributed by atoms with van der Waals surface area (Å²) in [7, 11) is 1.59. The second-order valence-electron chi connectivity index (χ2n) is 7.80. The number of carbonyl (C=O) groups excluding carboxylic acids is 1. The molecule has 1 atom stereocenters. The highest BCUT2D eigenvalue weighted by molar-refractivity contribution is 7.20. The van der Waals surface area contributed by atoms with E-state index >= 15 is 0 Å². The highest BCUT2D eigenvalue weighted by Gasteiger charge is 2.16. The Hall–Kier alpha value is -1.89. The monoisotopic (exact) mass is 431 g/mol. The lowest BCUT2D eigenvalue weighted by Gasteiger charge is -2.30. The molecule has 5 nitrogen and oxygen atoms in total. The topological polar surface area (TPSA) is 54.5 Å². The second-order valence-corrected chi connectivity index (χ2v) is 9.21. The third-order valence-corrected chi connectivity index (χ3v) is 6.91. The van der Waals surface area contributed by atoms with Crippen molar-refractivity contribution in [2.45, 2.75) is 26.2 Å². The zero-order valence-electron chi connectivity index (χ0n) is 16.8. The van der Waals surface area contributed by atoms with E-state index in [1.54, 1.807) is 7.11 Å². The number of benzene rings is 1. The average molecular weight is 432 g/mol. The molecule has 1 amide bonds. The number of nitrogens with one attached hydrogen (secondary N) is 1. The minimum absolute atomic E-state index is 0.0345. The summed E-state index contributed by atoms with van der Waals surface area (Å²) >= 11 is 7.80. The summed E-state index contributed by atoms with van der Waals surface area (Å²) in [6, 6.07) is 7.70. The number of aromatic nitrogens is 1. The molecule has 1 fully saturated rings. The van der Waals surface area contributed by atoms with Gasteiger partial charge in [0.15, 0.2) is 0 Å². The van der Waals surface area contributed by atoms with Crippen molar-refractivity contribution in [1.29, 1.82) is 0 Å². The van der Waals surface area contributed by atoms with Crippen LogP contribution in [0, 0.1) is 5.92 Å². The van der Waals surface area contributed by atoms with E-state index in [1.165, 1.54) is 37.3 Å². The number of halogens is 1. The van der Waals surface area contributed by atoms with Gasteiger partial charge in [-0.05, 0) is 62.5 Å². The van der Waals surface area contributed by atoms with Gasteiger partial charge in [-0.1, -0.05) is 18.5 Å². The number of fused-ring (bicyclic) bond motifs is 2. The minimum atomic E-state index is -0.0345. The molecule has 29 heavy (non-hydrogen) atoms. The number of rotatable bonds is 6. The largest absolute Gasteiger partial charge is 0.495 e. The Kier molecular flexibility index (Phi) is 6.23. The van der Waals surface area contributed by atoms with Gasteiger partial charge in [0.05, 0.1) is 17.5 Å². The van der Waals surface area contributed by atoms with Crippen LogP contribution >= 0.6 is 22.9 Å². The van der Waals surface area contributed by atoms with Gasteiger partial charge in [-0.15, -0.1) is 11.3 Å². The van der Waals surface area contributed by atoms with Gasteiger partial charge in [0.25, 0.3) is 5.91 Å². The molecule has 154 valence electrons. The molecule has 4 rings (SSSR count). The van der Waals surface area contributed by atoms with Crippen LogP contribution in [-0.2, 0) is 0 Å². The number of nitrogens with zero attached hydrogens (tertiary/aromatic N) is 2. The molecule has 1 saturated heterocycles. The fourth-order valence-corrected chi connectivity index (χ4v) is 5.22. The quantitative estimate of drug-likeness (QED) is 0.560. The van der Waals surface area contributed by atoms with Gasteiger partial charge in [0.2, 0.25) is 0 Å². The van der Waals surface area contributed by atoms with Crippen LogP contribution in [0.1, 0.15) is 35.9 Å². The van der Waals surface area contributed by atoms with E-state index in [4.69, 9.17) is 16.3 Å². The first kappa shape index (κ1) is 20.4. The zero-order valence-corrected chi connectivity index (χ0v) is 18.4. The van der Waals surface area contributed by atoms with Gasteiger partial charge in [-0.2, -0.15) is 0 Å². The zero-order chi connectivity index (χ0) is 20.4. The van der Waals surface area contributed by atoms with Gasteiger partial charge >= 0.3 is 0 Å². The van der Waals surface area contributed by atoms with Crippen LogP contribution < -0.4 is 10.1 Å². The minimum Gasteiger partial charge on any atom is -0.495 e. The molecule has 1 N–H and O–H groups in total. The molecule has 1 aromatic carbocycles. The number of hydrogen-bond acceptors (Lipinski definition) is 5. The van der Waals surface area contributed by atoms with Crippen molar-refractivity contribution in [3.63, 3.8) is 0 Å². The number of amides is 1. The van der Waals surface area contributed by atoms with Crippen LogP contribution in [0.5, 0.6) is 5.75 Å². The maximum atomic E-state index is 12.6. The fraction of sp³-hybridized carbons (Fsp3) is 0.455. The van der Waals surface area contributed by atoms with E-state index < -0.39 is 0 Å². The second kappa shape index (κ2) is 8.86. The first-order chi connectivity index (χ1) is 14.0. The molecular formula is C22H26ClN3O2S. The lowest BCUT2D eigenvalue weighted by Crippen LogP contribution is -2.36. The number of pyridine rings is 1. The Morgan fingerprint density at radius 2 is 2.24 bits per heavy atom. The first-order valence-corrected chi connectivity index (χ1v) is 11.3. The van der Waals surface area contributed by atoms with Gasteiger partial charge in [0.1, 0.15) is 15.6 Å². The summed E-state index contributed by atoms with van der Waals surface area (Å²) in [5.41, 5.74) is 0.697. The van der Waals surface area contributed by atoms with Crippen molar-refractivity contribution in [1.82, 2.24) is 15.2 Å². The number of methoxy groups -OCH3 is 1. The van der Waals surface area contributed by atoms with Crippen LogP contribution in [0.3, 0.4) is 0 Å². The molecule has 0 bridgehead atoms. The summed E-state index contributed by atoms with van der Waals surface area (Å²) < 4.78 is 5.28. The number of carbonyl (C=O) groups is 1. The van der Waals surface area contributed by atoms with Crippen molar-refractivity contribution < 1.29 is 9.53 Å². The number of piperidine rings is 1. The Morgan fingerprint density at radius 1 is 1.38 bits per heavy atom. The molecule has 0 saturated carbocycles. The molecule has 0 aliphatic carbocycles. The van der Waals surface area contributed by atoms with Crippen LogP contribution in [0.2, 0.25) is 5.02 Å². The summed E-state index contributed by atoms with van der Waals surface area (Å²) in [5, 5.41) is 5.44. The third-order valence-electron chi connectivity index (χ3n) is 5.50. The Bertz CT molecular complexity index is 1040. The molecule has 2 aromatic heterocycles. The molecular weight excluding hydrogens is 406 g/mol. The summed E-state index contributed by atoms with van der Waals surface area (Å²) in [6.45, 7) is 6.41. The molecule has 1 aliphatic heterocycles. The van der Waals surface area contributed by atoms with Gasteiger partial charge in [-0.25, -0.2) is 4.98 Å². The predicted molar refractivity (Wildman–Crippen MR) is 120 cm³/mol. The lowest BCUT2D eigenvalue weighted by molar-refractivity contribution is 0.0954. The standard InChI is InChI=1S/C22H26ClN3O2S/c1-14-5-3-9-26(13-14)10-4-8-24-21(27)18-12-16-11-15-6-7-17(28-2)19(23)20(15)25-22(16)29-18/h6-7,11-12,14H,3-5,8-10,13H2,1-2H3,(H,24,27)/t14-/m1/s1. The molecule has 0 spiro atoms. The van der Waals surface area contributed by atoms with Gasteiger partial charge in [-0.3, -0.25) is 4.79 Å². The third kappa shape index (κ3) is 4.49. The van der Waals surface area contributed by atoms with E-state index in [0.29, 0.717) is 27.7 Å². The maximum Gasteiger partial charge on any atom is 0.261 e. The predicted octanol–water partition coefficient (Wildman–Crippen LogP) is 4.96. The fourth-order valence-electron chi connectivity index (χ4n) is 4.00. The number of thiophene rings is 1. The SMILES string of the molecule is COc1ccc2cc3cc(C(=O)NCCCN4CCC[C@@H](C)C4)sc3nc2c1Cl. The van der Waals surface area contributed by atoms with E-state index in [9.17, 15) is 4.79 Å². The average Bonchev–Trinajstić information content (AvgIpc) is 3.13. The Balaban J connectivity index is 1.41. The number of likely N-dealkylation sites (tertiary alicyclic amines) is 1. The number of ether oxygens (including phenoxy) is 1. The molecule has 1 aliphatic rings. The summed E-state index contributed by atoms with van der Waals surface area (Å²) in [4.78, 5) is 21.3. The molecule has 0 unspecified atom stereocenters. The van der Waals surface area contributed by atoms with Crippen LogP contribution in [-0.4, -0.2) is 49.1 Å². The van der Waals surface area contributed by atoms with E-state index in [0.717, 1.165) is 34.5 Å². The molecule has 0 radical (unpaired) electrons. The maximum absolute atomic E-state index is 12.6. The van der Waals surface area contributed by atoms with Crippen LogP contribution in [0.25, 0.3) is 21.1 Å². The molecule has 7 heteroatoms. The van der Waals surface area contributed by atoms with Crippen molar-refractivity contribution in [2.75, 3.05) is 33.3 Å². The highest BCUT2D eigenvalue weighted by Crippen LogP contribution is 2.35. The van der Waals surface area contributed by atoms with Crippen molar-refractivity contribution in [2.24, 2.45) is 5.92 Å². The van der Waals surface area contributed by atoms with E-state index in [-0.39, 0.29) is 5.91 Å². The van der Waals surface area contributed by atoms with E-state index in [2.05, 4.69) is 22.1 Å². The van der Waals surface area contributed by atoms with Crippen molar-refractivity contribution in [3.8, 4) is 5.75 Å². The first-order valence-electron chi connectivity index (χ1n) is 10.1. The highest BCUT2D eigenvalue weighted by atomic mass is 35.5. The van der Waals surface area contributed by atoms with Crippen molar-refractivity contribution in [3.05, 3.63) is 34.2 Å². The Morgan fingerprint density at radius 3 is 3.03 bits per heavy atom. The van der Waals surface area contributed by atoms with Crippen molar-refractivity contribution >= 4 is 50.0 Å². The van der Waals surface area contributed by atoms with E-state index in [1.807, 2.05) is 24.3 Å². The molecule has 3 heterocycles. The molecule has 3 aromatic rings. The smallest absolute Gasteiger partial charge is 0.261 e. The lowest BCUT2D eigenvalue weighted by atomic mass is 10.0. The van der Waals surface area contributed by atoms with Crippen LogP contribution in [0.4, 0.5) is 0 Å². The summed E-state index contributed by atoms with van der Waals surface area (Å²) in [6.07, 6.45) is 3.59. The van der Waals surface area contributed by atoms with Gasteiger partial charge in [0, 0.05) is 23.9 Å². The van der Waals surface area contributed by atoms with Gasteiger partial charge < -0.3 is 15.0 Å². The number of hydrogen-bond donors (Lipinski definition) is 1. The Labute approximate surface area is 180 Å². The van der Waals surface area contributed by atoms with Crippen LogP contribution in [0.15, 0.2) is 24.3 Å².